The Kier molecular flexibility index (Phi) is 4.13. The number of benzene rings is 1. The molecule has 0 atom stereocenters. The van der Waals surface area contributed by atoms with Crippen molar-refractivity contribution in [3.05, 3.63) is 28.3 Å². The van der Waals surface area contributed by atoms with Gasteiger partial charge >= 0.3 is 13.1 Å². The van der Waals surface area contributed by atoms with E-state index in [1.807, 2.05) is 34.6 Å². The van der Waals surface area contributed by atoms with Crippen LogP contribution in [0.3, 0.4) is 0 Å². The van der Waals surface area contributed by atoms with Crippen LogP contribution in [0.5, 0.6) is 0 Å². The molecule has 1 aliphatic rings. The van der Waals surface area contributed by atoms with Crippen LogP contribution in [-0.4, -0.2) is 31.4 Å². The van der Waals surface area contributed by atoms with Crippen LogP contribution in [0.15, 0.2) is 12.1 Å². The summed E-state index contributed by atoms with van der Waals surface area (Å²) in [4.78, 5) is 11.7. The minimum absolute atomic E-state index is 0.387. The van der Waals surface area contributed by atoms with Crippen LogP contribution in [-0.2, 0) is 14.0 Å². The van der Waals surface area contributed by atoms with Crippen LogP contribution in [0.1, 0.15) is 43.6 Å². The van der Waals surface area contributed by atoms with Gasteiger partial charge in [-0.15, -0.1) is 0 Å². The minimum Gasteiger partial charge on any atom is -0.465 e. The van der Waals surface area contributed by atoms with E-state index >= 15 is 0 Å². The number of ether oxygens (including phenoxy) is 1. The third kappa shape index (κ3) is 2.82. The lowest BCUT2D eigenvalue weighted by Crippen LogP contribution is -2.41. The summed E-state index contributed by atoms with van der Waals surface area (Å²) in [5.74, 6) is -0.435. The van der Waals surface area contributed by atoms with E-state index in [-0.39, 0.29) is 0 Å². The van der Waals surface area contributed by atoms with E-state index in [2.05, 4.69) is 0 Å². The first-order chi connectivity index (χ1) is 9.59. The second-order valence-corrected chi connectivity index (χ2v) is 6.66. The maximum atomic E-state index is 11.7. The maximum absolute atomic E-state index is 11.7. The first kappa shape index (κ1) is 16.3. The molecule has 21 heavy (non-hydrogen) atoms. The van der Waals surface area contributed by atoms with Gasteiger partial charge < -0.3 is 14.0 Å². The van der Waals surface area contributed by atoms with Gasteiger partial charge in [-0.2, -0.15) is 0 Å². The largest absolute Gasteiger partial charge is 0.495 e. The molecule has 0 N–H and O–H groups in total. The van der Waals surface area contributed by atoms with Crippen LogP contribution in [0.2, 0.25) is 5.02 Å². The number of esters is 1. The molecule has 1 aromatic carbocycles. The summed E-state index contributed by atoms with van der Waals surface area (Å²) in [5, 5.41) is 0.489. The zero-order valence-corrected chi connectivity index (χ0v) is 14.0. The molecule has 1 fully saturated rings. The molecule has 0 spiro atoms. The van der Waals surface area contributed by atoms with Crippen molar-refractivity contribution >= 4 is 30.2 Å². The van der Waals surface area contributed by atoms with Crippen molar-refractivity contribution < 1.29 is 18.8 Å². The third-order valence-corrected chi connectivity index (χ3v) is 4.71. The topological polar surface area (TPSA) is 44.8 Å². The Morgan fingerprint density at radius 3 is 2.19 bits per heavy atom. The molecule has 1 aliphatic heterocycles. The highest BCUT2D eigenvalue weighted by atomic mass is 35.5. The van der Waals surface area contributed by atoms with E-state index in [9.17, 15) is 4.79 Å². The van der Waals surface area contributed by atoms with Crippen molar-refractivity contribution in [3.8, 4) is 0 Å². The van der Waals surface area contributed by atoms with Crippen molar-refractivity contribution in [3.63, 3.8) is 0 Å². The average molecular weight is 311 g/mol. The second-order valence-electron chi connectivity index (χ2n) is 6.25. The molecule has 0 saturated carbocycles. The molecule has 1 aromatic rings. The summed E-state index contributed by atoms with van der Waals surface area (Å²) in [7, 11) is 0.780. The zero-order valence-electron chi connectivity index (χ0n) is 13.2. The SMILES string of the molecule is COC(=O)c1cc(Cl)c(C)c(B2OC(C)(C)C(C)(C)O2)c1. The Bertz CT molecular complexity index is 567. The molecule has 0 amide bonds. The van der Waals surface area contributed by atoms with Crippen molar-refractivity contribution in [2.24, 2.45) is 0 Å². The molecule has 4 nitrogen and oxygen atoms in total. The summed E-state index contributed by atoms with van der Waals surface area (Å²) < 4.78 is 16.8. The summed E-state index contributed by atoms with van der Waals surface area (Å²) in [5.41, 5.74) is 1.08. The molecular weight excluding hydrogens is 290 g/mol. The van der Waals surface area contributed by atoms with Gasteiger partial charge in [0.05, 0.1) is 23.9 Å². The van der Waals surface area contributed by atoms with Gasteiger partial charge in [0.2, 0.25) is 0 Å². The Balaban J connectivity index is 2.46. The lowest BCUT2D eigenvalue weighted by atomic mass is 9.75. The monoisotopic (exact) mass is 310 g/mol. The van der Waals surface area contributed by atoms with Gasteiger partial charge in [-0.1, -0.05) is 11.6 Å². The number of halogens is 1. The van der Waals surface area contributed by atoms with Gasteiger partial charge in [0.15, 0.2) is 0 Å². The van der Waals surface area contributed by atoms with E-state index in [4.69, 9.17) is 25.6 Å². The predicted octanol–water partition coefficient (Wildman–Crippen LogP) is 2.73. The fourth-order valence-electron chi connectivity index (χ4n) is 2.15. The fraction of sp³-hybridized carbons (Fsp3) is 0.533. The number of carbonyl (C=O) groups is 1. The van der Waals surface area contributed by atoms with Crippen LogP contribution < -0.4 is 5.46 Å². The van der Waals surface area contributed by atoms with Gasteiger partial charge in [0, 0.05) is 5.02 Å². The zero-order chi connectivity index (χ0) is 16.0. The number of methoxy groups -OCH3 is 1. The average Bonchev–Trinajstić information content (AvgIpc) is 2.60. The predicted molar refractivity (Wildman–Crippen MR) is 83.2 cm³/mol. The summed E-state index contributed by atoms with van der Waals surface area (Å²) in [6.45, 7) is 9.80. The van der Waals surface area contributed by atoms with E-state index in [0.29, 0.717) is 10.6 Å². The van der Waals surface area contributed by atoms with E-state index in [0.717, 1.165) is 11.0 Å². The second kappa shape index (κ2) is 5.31. The van der Waals surface area contributed by atoms with Gasteiger partial charge in [-0.05, 0) is 57.8 Å². The molecule has 0 radical (unpaired) electrons. The highest BCUT2D eigenvalue weighted by Crippen LogP contribution is 2.37. The standard InChI is InChI=1S/C15H20BClO4/c1-9-11(7-10(8-12(9)17)13(18)19-6)16-20-14(2,3)15(4,5)21-16/h7-8H,1-6H3. The molecular formula is C15H20BClO4. The quantitative estimate of drug-likeness (QED) is 0.622. The Hall–Kier alpha value is -1.04. The van der Waals surface area contributed by atoms with Gasteiger partial charge in [-0.3, -0.25) is 0 Å². The van der Waals surface area contributed by atoms with E-state index in [1.54, 1.807) is 12.1 Å². The Labute approximate surface area is 130 Å². The third-order valence-electron chi connectivity index (χ3n) is 4.31. The van der Waals surface area contributed by atoms with Crippen LogP contribution in [0.25, 0.3) is 0 Å². The van der Waals surface area contributed by atoms with Crippen molar-refractivity contribution in [1.29, 1.82) is 0 Å². The summed E-state index contributed by atoms with van der Waals surface area (Å²) in [6, 6.07) is 3.31. The number of hydrogen-bond acceptors (Lipinski definition) is 4. The van der Waals surface area contributed by atoms with Gasteiger partial charge in [0.25, 0.3) is 0 Å². The van der Waals surface area contributed by atoms with Crippen molar-refractivity contribution in [2.75, 3.05) is 7.11 Å². The smallest absolute Gasteiger partial charge is 0.465 e. The van der Waals surface area contributed by atoms with Crippen LogP contribution in [0.4, 0.5) is 0 Å². The van der Waals surface area contributed by atoms with E-state index in [1.165, 1.54) is 7.11 Å². The van der Waals surface area contributed by atoms with Crippen molar-refractivity contribution in [1.82, 2.24) is 0 Å². The Morgan fingerprint density at radius 1 is 1.19 bits per heavy atom. The van der Waals surface area contributed by atoms with Crippen LogP contribution >= 0.6 is 11.6 Å². The Morgan fingerprint density at radius 2 is 1.71 bits per heavy atom. The van der Waals surface area contributed by atoms with Gasteiger partial charge in [-0.25, -0.2) is 4.79 Å². The minimum atomic E-state index is -0.558. The molecule has 114 valence electrons. The molecule has 0 unspecified atom stereocenters. The normalized spacial score (nSPS) is 19.7. The van der Waals surface area contributed by atoms with Gasteiger partial charge in [0.1, 0.15) is 0 Å². The number of rotatable bonds is 2. The number of hydrogen-bond donors (Lipinski definition) is 0. The maximum Gasteiger partial charge on any atom is 0.495 e. The summed E-state index contributed by atoms with van der Waals surface area (Å²) in [6.07, 6.45) is 0. The molecule has 0 aliphatic carbocycles. The molecule has 6 heteroatoms. The lowest BCUT2D eigenvalue weighted by molar-refractivity contribution is 0.00578. The van der Waals surface area contributed by atoms with Crippen molar-refractivity contribution in [2.45, 2.75) is 45.8 Å². The lowest BCUT2D eigenvalue weighted by Gasteiger charge is -2.32. The molecule has 2 rings (SSSR count). The highest BCUT2D eigenvalue weighted by Gasteiger charge is 2.52. The summed E-state index contributed by atoms with van der Waals surface area (Å²) >= 11 is 6.22. The first-order valence-electron chi connectivity index (χ1n) is 6.83. The van der Waals surface area contributed by atoms with E-state index < -0.39 is 24.3 Å². The molecule has 1 saturated heterocycles. The van der Waals surface area contributed by atoms with Crippen LogP contribution in [0, 0.1) is 6.92 Å². The fourth-order valence-corrected chi connectivity index (χ4v) is 2.38. The molecule has 0 bridgehead atoms. The molecule has 1 heterocycles. The number of carbonyl (C=O) groups excluding carboxylic acids is 1. The molecule has 0 aromatic heterocycles. The highest BCUT2D eigenvalue weighted by molar-refractivity contribution is 6.63. The first-order valence-corrected chi connectivity index (χ1v) is 7.21.